The van der Waals surface area contributed by atoms with E-state index in [2.05, 4.69) is 23.9 Å². The lowest BCUT2D eigenvalue weighted by atomic mass is 9.97. The van der Waals surface area contributed by atoms with Crippen LogP contribution in [0.1, 0.15) is 48.3 Å². The minimum Gasteiger partial charge on any atom is -0.372 e. The lowest BCUT2D eigenvalue weighted by Gasteiger charge is -2.37. The number of carbonyl (C=O) groups is 1. The van der Waals surface area contributed by atoms with Crippen molar-refractivity contribution in [1.29, 1.82) is 0 Å². The van der Waals surface area contributed by atoms with Crippen molar-refractivity contribution in [2.45, 2.75) is 58.3 Å². The van der Waals surface area contributed by atoms with Gasteiger partial charge in [-0.15, -0.1) is 11.3 Å². The first kappa shape index (κ1) is 16.9. The summed E-state index contributed by atoms with van der Waals surface area (Å²) in [6.45, 7) is 8.02. The molecular formula is C17H27N3O2S. The van der Waals surface area contributed by atoms with E-state index in [-0.39, 0.29) is 18.1 Å². The minimum absolute atomic E-state index is 0.124. The highest BCUT2D eigenvalue weighted by molar-refractivity contribution is 7.11. The highest BCUT2D eigenvalue weighted by Gasteiger charge is 2.31. The summed E-state index contributed by atoms with van der Waals surface area (Å²) in [6, 6.07) is 0.338. The van der Waals surface area contributed by atoms with Crippen molar-refractivity contribution in [1.82, 2.24) is 14.8 Å². The van der Waals surface area contributed by atoms with E-state index < -0.39 is 0 Å². The second-order valence-corrected chi connectivity index (χ2v) is 8.16. The topological polar surface area (TPSA) is 45.7 Å². The van der Waals surface area contributed by atoms with E-state index in [1.54, 1.807) is 11.3 Å². The van der Waals surface area contributed by atoms with Crippen molar-refractivity contribution in [3.63, 3.8) is 0 Å². The number of hydrogen-bond acceptors (Lipinski definition) is 5. The first-order valence-corrected chi connectivity index (χ1v) is 9.35. The molecule has 3 atom stereocenters. The van der Waals surface area contributed by atoms with Crippen LogP contribution < -0.4 is 0 Å². The Labute approximate surface area is 142 Å². The lowest BCUT2D eigenvalue weighted by molar-refractivity contribution is -0.144. The molecule has 1 aromatic rings. The molecule has 6 heteroatoms. The Kier molecular flexibility index (Phi) is 5.04. The fraction of sp³-hybridized carbons (Fsp3) is 0.765. The Morgan fingerprint density at radius 3 is 2.78 bits per heavy atom. The van der Waals surface area contributed by atoms with E-state index in [4.69, 9.17) is 4.74 Å². The second kappa shape index (κ2) is 6.87. The van der Waals surface area contributed by atoms with Crippen LogP contribution in [0.4, 0.5) is 0 Å². The standard InChI is InChI=1S/C17H27N3O2S/c1-11-8-20(9-12(2)22-11)16(21)10-19(4)15-7-5-6-14-17(15)23-13(3)18-14/h11-12,15H,5-10H2,1-4H3/t11-,12-,15-/m1/s1. The molecule has 1 amide bonds. The van der Waals surface area contributed by atoms with Gasteiger partial charge in [0.1, 0.15) is 0 Å². The quantitative estimate of drug-likeness (QED) is 0.850. The van der Waals surface area contributed by atoms with Crippen molar-refractivity contribution < 1.29 is 9.53 Å². The summed E-state index contributed by atoms with van der Waals surface area (Å²) in [5.41, 5.74) is 1.25. The maximum atomic E-state index is 12.7. The smallest absolute Gasteiger partial charge is 0.236 e. The van der Waals surface area contributed by atoms with E-state index in [1.807, 2.05) is 18.7 Å². The van der Waals surface area contributed by atoms with Crippen molar-refractivity contribution in [3.8, 4) is 0 Å². The van der Waals surface area contributed by atoms with Crippen LogP contribution >= 0.6 is 11.3 Å². The molecule has 0 spiro atoms. The van der Waals surface area contributed by atoms with Crippen LogP contribution in [0.15, 0.2) is 0 Å². The third kappa shape index (κ3) is 3.75. The summed E-state index contributed by atoms with van der Waals surface area (Å²) in [5, 5.41) is 1.14. The Morgan fingerprint density at radius 2 is 2.09 bits per heavy atom. The number of aromatic nitrogens is 1. The summed E-state index contributed by atoms with van der Waals surface area (Å²) in [6.07, 6.45) is 3.60. The number of rotatable bonds is 3. The second-order valence-electron chi connectivity index (χ2n) is 6.92. The molecule has 0 bridgehead atoms. The number of hydrogen-bond donors (Lipinski definition) is 0. The summed E-state index contributed by atoms with van der Waals surface area (Å²) in [5.74, 6) is 0.211. The van der Waals surface area contributed by atoms with Gasteiger partial charge in [-0.3, -0.25) is 9.69 Å². The molecule has 5 nitrogen and oxygen atoms in total. The van der Waals surface area contributed by atoms with Crippen molar-refractivity contribution in [3.05, 3.63) is 15.6 Å². The van der Waals surface area contributed by atoms with Gasteiger partial charge in [-0.25, -0.2) is 4.98 Å². The molecule has 23 heavy (non-hydrogen) atoms. The lowest BCUT2D eigenvalue weighted by Crippen LogP contribution is -2.51. The molecule has 0 unspecified atom stereocenters. The van der Waals surface area contributed by atoms with Gasteiger partial charge in [-0.2, -0.15) is 0 Å². The number of likely N-dealkylation sites (N-methyl/N-ethyl adjacent to an activating group) is 1. The SMILES string of the molecule is Cc1nc2c(s1)[C@H](N(C)CC(=O)N1C[C@@H](C)O[C@H](C)C1)CCC2. The Bertz CT molecular complexity index is 564. The number of fused-ring (bicyclic) bond motifs is 1. The Morgan fingerprint density at radius 1 is 1.39 bits per heavy atom. The number of ether oxygens (including phenoxy) is 1. The van der Waals surface area contributed by atoms with Crippen LogP contribution in [0.25, 0.3) is 0 Å². The highest BCUT2D eigenvalue weighted by Crippen LogP contribution is 2.37. The van der Waals surface area contributed by atoms with E-state index in [0.717, 1.165) is 24.3 Å². The molecule has 1 aliphatic heterocycles. The van der Waals surface area contributed by atoms with Gasteiger partial charge in [0.05, 0.1) is 29.5 Å². The van der Waals surface area contributed by atoms with Gasteiger partial charge in [0.25, 0.3) is 0 Å². The molecule has 1 fully saturated rings. The maximum Gasteiger partial charge on any atom is 0.236 e. The number of aryl methyl sites for hydroxylation is 2. The van der Waals surface area contributed by atoms with Crippen molar-refractivity contribution in [2.24, 2.45) is 0 Å². The average Bonchev–Trinajstić information content (AvgIpc) is 2.85. The monoisotopic (exact) mass is 337 g/mol. The van der Waals surface area contributed by atoms with Gasteiger partial charge in [0.2, 0.25) is 5.91 Å². The molecule has 2 heterocycles. The molecule has 2 aliphatic rings. The molecule has 128 valence electrons. The van der Waals surface area contributed by atoms with Gasteiger partial charge in [0, 0.05) is 24.0 Å². The molecule has 0 N–H and O–H groups in total. The van der Waals surface area contributed by atoms with Gasteiger partial charge >= 0.3 is 0 Å². The zero-order chi connectivity index (χ0) is 16.6. The van der Waals surface area contributed by atoms with Crippen LogP contribution in [0.3, 0.4) is 0 Å². The summed E-state index contributed by atoms with van der Waals surface area (Å²) < 4.78 is 5.72. The van der Waals surface area contributed by atoms with Crippen LogP contribution in [0, 0.1) is 6.92 Å². The predicted octanol–water partition coefficient (Wildman–Crippen LogP) is 2.40. The zero-order valence-corrected chi connectivity index (χ0v) is 15.4. The molecule has 1 saturated heterocycles. The largest absolute Gasteiger partial charge is 0.372 e. The number of morpholine rings is 1. The minimum atomic E-state index is 0.124. The van der Waals surface area contributed by atoms with E-state index >= 15 is 0 Å². The van der Waals surface area contributed by atoms with Crippen LogP contribution in [0.5, 0.6) is 0 Å². The van der Waals surface area contributed by atoms with E-state index in [0.29, 0.717) is 25.7 Å². The van der Waals surface area contributed by atoms with Crippen LogP contribution in [0.2, 0.25) is 0 Å². The molecule has 3 rings (SSSR count). The third-order valence-electron chi connectivity index (χ3n) is 4.72. The van der Waals surface area contributed by atoms with Crippen LogP contribution in [-0.2, 0) is 16.0 Å². The molecule has 0 aromatic carbocycles. The Balaban J connectivity index is 1.65. The average molecular weight is 337 g/mol. The number of thiazole rings is 1. The van der Waals surface area contributed by atoms with Crippen molar-refractivity contribution >= 4 is 17.2 Å². The Hall–Kier alpha value is -0.980. The zero-order valence-electron chi connectivity index (χ0n) is 14.5. The molecule has 0 radical (unpaired) electrons. The summed E-state index contributed by atoms with van der Waals surface area (Å²) >= 11 is 1.79. The third-order valence-corrected chi connectivity index (χ3v) is 5.83. The highest BCUT2D eigenvalue weighted by atomic mass is 32.1. The number of carbonyl (C=O) groups excluding carboxylic acids is 1. The van der Waals surface area contributed by atoms with Gasteiger partial charge < -0.3 is 9.64 Å². The first-order valence-electron chi connectivity index (χ1n) is 8.53. The van der Waals surface area contributed by atoms with Gasteiger partial charge in [-0.1, -0.05) is 0 Å². The number of nitrogens with zero attached hydrogens (tertiary/aromatic N) is 3. The molecule has 1 aromatic heterocycles. The fourth-order valence-corrected chi connectivity index (χ4v) is 4.92. The van der Waals surface area contributed by atoms with Gasteiger partial charge in [-0.05, 0) is 47.1 Å². The molecule has 1 aliphatic carbocycles. The van der Waals surface area contributed by atoms with Crippen molar-refractivity contribution in [2.75, 3.05) is 26.7 Å². The fourth-order valence-electron chi connectivity index (χ4n) is 3.75. The summed E-state index contributed by atoms with van der Waals surface area (Å²) in [4.78, 5) is 22.9. The first-order chi connectivity index (χ1) is 10.9. The number of amides is 1. The van der Waals surface area contributed by atoms with Crippen LogP contribution in [-0.4, -0.2) is 59.6 Å². The predicted molar refractivity (Wildman–Crippen MR) is 91.7 cm³/mol. The normalized spacial score (nSPS) is 28.0. The van der Waals surface area contributed by atoms with Gasteiger partial charge in [0.15, 0.2) is 0 Å². The maximum absolute atomic E-state index is 12.7. The van der Waals surface area contributed by atoms with E-state index in [1.165, 1.54) is 10.6 Å². The molecule has 0 saturated carbocycles. The van der Waals surface area contributed by atoms with E-state index in [9.17, 15) is 4.79 Å². The summed E-state index contributed by atoms with van der Waals surface area (Å²) in [7, 11) is 2.07. The molecular weight excluding hydrogens is 310 g/mol.